The van der Waals surface area contributed by atoms with Crippen LogP contribution in [0.1, 0.15) is 42.3 Å². The zero-order valence-electron chi connectivity index (χ0n) is 14.8. The van der Waals surface area contributed by atoms with Crippen LogP contribution in [-0.2, 0) is 17.6 Å². The van der Waals surface area contributed by atoms with Gasteiger partial charge < -0.3 is 9.47 Å². The summed E-state index contributed by atoms with van der Waals surface area (Å²) in [5, 5.41) is 0. The standard InChI is InChI=1S/C17H20F3N3O3/c1-4-15-22-12(16(24)26-5-2)10-23(15)13-9-21-11(8-14(13)25-3)6-7-17(18,19)20/h8-10H,4-7H2,1-3H3. The van der Waals surface area contributed by atoms with Crippen LogP contribution in [0.3, 0.4) is 0 Å². The Morgan fingerprint density at radius 1 is 1.31 bits per heavy atom. The van der Waals surface area contributed by atoms with Crippen LogP contribution in [0.2, 0.25) is 0 Å². The predicted octanol–water partition coefficient (Wildman–Crippen LogP) is 3.51. The molecule has 0 amide bonds. The number of aromatic nitrogens is 3. The molecule has 142 valence electrons. The van der Waals surface area contributed by atoms with Crippen molar-refractivity contribution in [1.29, 1.82) is 0 Å². The minimum atomic E-state index is -4.25. The summed E-state index contributed by atoms with van der Waals surface area (Å²) in [6, 6.07) is 1.46. The van der Waals surface area contributed by atoms with Crippen molar-refractivity contribution in [1.82, 2.24) is 14.5 Å². The van der Waals surface area contributed by atoms with Gasteiger partial charge in [0.05, 0.1) is 19.9 Å². The summed E-state index contributed by atoms with van der Waals surface area (Å²) < 4.78 is 49.1. The zero-order valence-corrected chi connectivity index (χ0v) is 14.8. The second kappa shape index (κ2) is 8.20. The average molecular weight is 371 g/mol. The molecule has 0 bridgehead atoms. The molecule has 0 aromatic carbocycles. The first kappa shape index (κ1) is 19.7. The molecule has 0 radical (unpaired) electrons. The lowest BCUT2D eigenvalue weighted by Gasteiger charge is -2.13. The van der Waals surface area contributed by atoms with Gasteiger partial charge in [-0.2, -0.15) is 13.2 Å². The predicted molar refractivity (Wildman–Crippen MR) is 87.6 cm³/mol. The summed E-state index contributed by atoms with van der Waals surface area (Å²) in [6.07, 6.45) is -1.99. The van der Waals surface area contributed by atoms with Gasteiger partial charge in [-0.1, -0.05) is 6.92 Å². The third kappa shape index (κ3) is 4.74. The first-order valence-corrected chi connectivity index (χ1v) is 8.14. The van der Waals surface area contributed by atoms with Crippen LogP contribution >= 0.6 is 0 Å². The number of nitrogens with zero attached hydrogens (tertiary/aromatic N) is 3. The van der Waals surface area contributed by atoms with Gasteiger partial charge >= 0.3 is 12.1 Å². The quantitative estimate of drug-likeness (QED) is 0.697. The van der Waals surface area contributed by atoms with Gasteiger partial charge in [0.25, 0.3) is 0 Å². The second-order valence-corrected chi connectivity index (χ2v) is 5.45. The topological polar surface area (TPSA) is 66.2 Å². The van der Waals surface area contributed by atoms with Crippen LogP contribution in [0.25, 0.3) is 5.69 Å². The lowest BCUT2D eigenvalue weighted by Crippen LogP contribution is -2.10. The molecule has 0 fully saturated rings. The number of hydrogen-bond donors (Lipinski definition) is 0. The van der Waals surface area contributed by atoms with Crippen molar-refractivity contribution in [2.24, 2.45) is 0 Å². The van der Waals surface area contributed by atoms with Crippen LogP contribution in [0.15, 0.2) is 18.5 Å². The maximum absolute atomic E-state index is 12.4. The summed E-state index contributed by atoms with van der Waals surface area (Å²) in [4.78, 5) is 20.2. The molecule has 0 aliphatic heterocycles. The fourth-order valence-electron chi connectivity index (χ4n) is 2.40. The van der Waals surface area contributed by atoms with E-state index in [0.717, 1.165) is 0 Å². The Kier molecular flexibility index (Phi) is 6.23. The number of carbonyl (C=O) groups excluding carboxylic acids is 1. The Bertz CT molecular complexity index is 772. The first-order chi connectivity index (χ1) is 12.3. The van der Waals surface area contributed by atoms with Crippen molar-refractivity contribution in [3.05, 3.63) is 35.7 Å². The summed E-state index contributed by atoms with van der Waals surface area (Å²) in [5.74, 6) is 0.380. The van der Waals surface area contributed by atoms with Gasteiger partial charge in [0, 0.05) is 30.8 Å². The molecule has 2 rings (SSSR count). The number of esters is 1. The molecule has 0 saturated carbocycles. The highest BCUT2D eigenvalue weighted by Gasteiger charge is 2.27. The molecule has 0 spiro atoms. The highest BCUT2D eigenvalue weighted by molar-refractivity contribution is 5.87. The molecular weight excluding hydrogens is 351 g/mol. The normalized spacial score (nSPS) is 11.5. The Balaban J connectivity index is 2.37. The fourth-order valence-corrected chi connectivity index (χ4v) is 2.40. The maximum atomic E-state index is 12.4. The smallest absolute Gasteiger partial charge is 0.389 e. The largest absolute Gasteiger partial charge is 0.494 e. The van der Waals surface area contributed by atoms with Crippen molar-refractivity contribution in [2.75, 3.05) is 13.7 Å². The summed E-state index contributed by atoms with van der Waals surface area (Å²) in [5.41, 5.74) is 0.904. The van der Waals surface area contributed by atoms with E-state index < -0.39 is 18.6 Å². The molecule has 0 atom stereocenters. The summed E-state index contributed by atoms with van der Waals surface area (Å²) in [6.45, 7) is 3.79. The lowest BCUT2D eigenvalue weighted by molar-refractivity contribution is -0.134. The molecule has 0 aliphatic rings. The average Bonchev–Trinajstić information content (AvgIpc) is 3.03. The van der Waals surface area contributed by atoms with E-state index in [1.54, 1.807) is 11.5 Å². The zero-order chi connectivity index (χ0) is 19.3. The van der Waals surface area contributed by atoms with E-state index in [-0.39, 0.29) is 24.4 Å². The summed E-state index contributed by atoms with van der Waals surface area (Å²) >= 11 is 0. The number of rotatable bonds is 7. The van der Waals surface area contributed by atoms with Crippen LogP contribution in [0, 0.1) is 0 Å². The maximum Gasteiger partial charge on any atom is 0.389 e. The molecule has 0 unspecified atom stereocenters. The van der Waals surface area contributed by atoms with E-state index >= 15 is 0 Å². The van der Waals surface area contributed by atoms with Crippen LogP contribution in [0.5, 0.6) is 5.75 Å². The molecule has 2 aromatic rings. The number of methoxy groups -OCH3 is 1. The van der Waals surface area contributed by atoms with Crippen molar-refractivity contribution in [2.45, 2.75) is 39.3 Å². The van der Waals surface area contributed by atoms with Gasteiger partial charge in [0.15, 0.2) is 5.69 Å². The van der Waals surface area contributed by atoms with E-state index in [1.807, 2.05) is 6.92 Å². The van der Waals surface area contributed by atoms with Crippen molar-refractivity contribution < 1.29 is 27.4 Å². The fraction of sp³-hybridized carbons (Fsp3) is 0.471. The monoisotopic (exact) mass is 371 g/mol. The first-order valence-electron chi connectivity index (χ1n) is 8.14. The number of pyridine rings is 1. The van der Waals surface area contributed by atoms with E-state index in [2.05, 4.69) is 9.97 Å². The summed E-state index contributed by atoms with van der Waals surface area (Å²) in [7, 11) is 1.42. The molecule has 2 aromatic heterocycles. The SMILES string of the molecule is CCOC(=O)c1cn(-c2cnc(CCC(F)(F)F)cc2OC)c(CC)n1. The van der Waals surface area contributed by atoms with Gasteiger partial charge in [0.1, 0.15) is 17.3 Å². The van der Waals surface area contributed by atoms with Gasteiger partial charge in [-0.3, -0.25) is 9.55 Å². The minimum absolute atomic E-state index is 0.145. The second-order valence-electron chi connectivity index (χ2n) is 5.45. The van der Waals surface area contributed by atoms with E-state index in [0.29, 0.717) is 23.7 Å². The van der Waals surface area contributed by atoms with E-state index in [4.69, 9.17) is 9.47 Å². The van der Waals surface area contributed by atoms with Crippen LogP contribution in [0.4, 0.5) is 13.2 Å². The third-order valence-corrected chi connectivity index (χ3v) is 3.63. The van der Waals surface area contributed by atoms with Gasteiger partial charge in [0.2, 0.25) is 0 Å². The Hall–Kier alpha value is -2.58. The van der Waals surface area contributed by atoms with Gasteiger partial charge in [-0.15, -0.1) is 0 Å². The molecule has 6 nitrogen and oxygen atoms in total. The Morgan fingerprint density at radius 2 is 2.04 bits per heavy atom. The van der Waals surface area contributed by atoms with Crippen molar-refractivity contribution in [3.8, 4) is 11.4 Å². The third-order valence-electron chi connectivity index (χ3n) is 3.63. The number of imidazole rings is 1. The highest BCUT2D eigenvalue weighted by Crippen LogP contribution is 2.27. The van der Waals surface area contributed by atoms with Gasteiger partial charge in [-0.05, 0) is 13.3 Å². The highest BCUT2D eigenvalue weighted by atomic mass is 19.4. The number of aryl methyl sites for hydroxylation is 2. The van der Waals surface area contributed by atoms with Crippen LogP contribution < -0.4 is 4.74 Å². The molecule has 0 saturated heterocycles. The molecule has 0 N–H and O–H groups in total. The minimum Gasteiger partial charge on any atom is -0.494 e. The molecule has 26 heavy (non-hydrogen) atoms. The Morgan fingerprint density at radius 3 is 2.62 bits per heavy atom. The van der Waals surface area contributed by atoms with Crippen molar-refractivity contribution in [3.63, 3.8) is 0 Å². The number of ether oxygens (including phenoxy) is 2. The number of hydrogen-bond acceptors (Lipinski definition) is 5. The molecule has 9 heteroatoms. The molecular formula is C17H20F3N3O3. The van der Waals surface area contributed by atoms with Crippen molar-refractivity contribution >= 4 is 5.97 Å². The van der Waals surface area contributed by atoms with E-state index in [1.165, 1.54) is 25.6 Å². The lowest BCUT2D eigenvalue weighted by atomic mass is 10.2. The molecule has 0 aliphatic carbocycles. The number of alkyl halides is 3. The molecule has 2 heterocycles. The Labute approximate surface area is 149 Å². The number of halogens is 3. The van der Waals surface area contributed by atoms with Gasteiger partial charge in [-0.25, -0.2) is 9.78 Å². The van der Waals surface area contributed by atoms with E-state index in [9.17, 15) is 18.0 Å². The number of carbonyl (C=O) groups is 1. The van der Waals surface area contributed by atoms with Crippen LogP contribution in [-0.4, -0.2) is 40.4 Å².